The van der Waals surface area contributed by atoms with E-state index in [9.17, 15) is 0 Å². The van der Waals surface area contributed by atoms with Gasteiger partial charge < -0.3 is 9.88 Å². The number of hydrogen-bond acceptors (Lipinski definition) is 2. The molecular formula is C15H15N3. The molecule has 90 valence electrons. The Morgan fingerprint density at radius 2 is 1.89 bits per heavy atom. The van der Waals surface area contributed by atoms with Gasteiger partial charge in [0.2, 0.25) is 5.95 Å². The van der Waals surface area contributed by atoms with Crippen LogP contribution < -0.4 is 5.32 Å². The molecule has 3 heteroatoms. The van der Waals surface area contributed by atoms with Crippen LogP contribution in [0.2, 0.25) is 0 Å². The van der Waals surface area contributed by atoms with E-state index in [2.05, 4.69) is 40.0 Å². The number of imidazole rings is 1. The Morgan fingerprint density at radius 1 is 1.06 bits per heavy atom. The number of nitrogens with one attached hydrogen (secondary N) is 1. The van der Waals surface area contributed by atoms with Gasteiger partial charge in [-0.3, -0.25) is 0 Å². The van der Waals surface area contributed by atoms with Gasteiger partial charge in [-0.25, -0.2) is 4.98 Å². The monoisotopic (exact) mass is 237 g/mol. The quantitative estimate of drug-likeness (QED) is 0.737. The number of hydrogen-bond donors (Lipinski definition) is 1. The lowest BCUT2D eigenvalue weighted by molar-refractivity contribution is 0.958. The van der Waals surface area contributed by atoms with Crippen LogP contribution in [0.15, 0.2) is 48.5 Å². The average Bonchev–Trinajstić information content (AvgIpc) is 2.67. The molecule has 0 atom stereocenters. The highest BCUT2D eigenvalue weighted by Crippen LogP contribution is 2.21. The molecule has 0 aliphatic rings. The van der Waals surface area contributed by atoms with Crippen molar-refractivity contribution >= 4 is 22.7 Å². The van der Waals surface area contributed by atoms with Crippen molar-refractivity contribution < 1.29 is 0 Å². The van der Waals surface area contributed by atoms with Crippen LogP contribution in [0.1, 0.15) is 5.56 Å². The number of rotatable bonds is 2. The van der Waals surface area contributed by atoms with Crippen molar-refractivity contribution in [3.05, 3.63) is 54.1 Å². The van der Waals surface area contributed by atoms with Crippen LogP contribution in [0, 0.1) is 6.92 Å². The van der Waals surface area contributed by atoms with Crippen LogP contribution in [0.5, 0.6) is 0 Å². The number of para-hydroxylation sites is 2. The highest BCUT2D eigenvalue weighted by Gasteiger charge is 2.06. The first-order valence-corrected chi connectivity index (χ1v) is 5.99. The van der Waals surface area contributed by atoms with Crippen LogP contribution in [0.25, 0.3) is 11.0 Å². The fourth-order valence-corrected chi connectivity index (χ4v) is 2.11. The SMILES string of the molecule is Cc1cccc(Nc2nc3ccccc3n2C)c1. The van der Waals surface area contributed by atoms with Crippen LogP contribution in [-0.4, -0.2) is 9.55 Å². The zero-order chi connectivity index (χ0) is 12.5. The zero-order valence-corrected chi connectivity index (χ0v) is 10.5. The minimum absolute atomic E-state index is 0.863. The van der Waals surface area contributed by atoms with E-state index in [1.807, 2.05) is 37.4 Å². The van der Waals surface area contributed by atoms with E-state index in [0.29, 0.717) is 0 Å². The highest BCUT2D eigenvalue weighted by molar-refractivity contribution is 5.79. The van der Waals surface area contributed by atoms with E-state index in [1.54, 1.807) is 0 Å². The van der Waals surface area contributed by atoms with Gasteiger partial charge >= 0.3 is 0 Å². The van der Waals surface area contributed by atoms with Crippen molar-refractivity contribution in [2.24, 2.45) is 7.05 Å². The lowest BCUT2D eigenvalue weighted by Gasteiger charge is -2.06. The zero-order valence-electron chi connectivity index (χ0n) is 10.5. The van der Waals surface area contributed by atoms with E-state index < -0.39 is 0 Å². The summed E-state index contributed by atoms with van der Waals surface area (Å²) in [6.07, 6.45) is 0. The molecule has 0 amide bonds. The number of benzene rings is 2. The molecule has 0 aliphatic heterocycles. The molecule has 3 nitrogen and oxygen atoms in total. The largest absolute Gasteiger partial charge is 0.326 e. The molecule has 0 saturated carbocycles. The third-order valence-corrected chi connectivity index (χ3v) is 3.06. The molecule has 0 bridgehead atoms. The molecule has 0 spiro atoms. The summed E-state index contributed by atoms with van der Waals surface area (Å²) < 4.78 is 2.07. The summed E-state index contributed by atoms with van der Waals surface area (Å²) in [6.45, 7) is 2.08. The van der Waals surface area contributed by atoms with Gasteiger partial charge in [0.1, 0.15) is 0 Å². The maximum Gasteiger partial charge on any atom is 0.208 e. The Kier molecular flexibility index (Phi) is 2.52. The van der Waals surface area contributed by atoms with Crippen molar-refractivity contribution in [1.82, 2.24) is 9.55 Å². The Balaban J connectivity index is 2.02. The summed E-state index contributed by atoms with van der Waals surface area (Å²) in [5.41, 5.74) is 4.44. The molecule has 2 aromatic carbocycles. The molecule has 1 heterocycles. The maximum atomic E-state index is 4.59. The molecule has 0 saturated heterocycles. The molecule has 0 unspecified atom stereocenters. The highest BCUT2D eigenvalue weighted by atomic mass is 15.2. The lowest BCUT2D eigenvalue weighted by atomic mass is 10.2. The van der Waals surface area contributed by atoms with Gasteiger partial charge in [0, 0.05) is 12.7 Å². The fourth-order valence-electron chi connectivity index (χ4n) is 2.11. The van der Waals surface area contributed by atoms with E-state index in [4.69, 9.17) is 0 Å². The number of aryl methyl sites for hydroxylation is 2. The third kappa shape index (κ3) is 1.84. The number of aromatic nitrogens is 2. The summed E-state index contributed by atoms with van der Waals surface area (Å²) in [6, 6.07) is 16.4. The Labute approximate surface area is 106 Å². The van der Waals surface area contributed by atoms with Crippen molar-refractivity contribution in [1.29, 1.82) is 0 Å². The Morgan fingerprint density at radius 3 is 2.67 bits per heavy atom. The van der Waals surface area contributed by atoms with Crippen LogP contribution in [-0.2, 0) is 7.05 Å². The molecule has 1 aromatic heterocycles. The van der Waals surface area contributed by atoms with Crippen LogP contribution >= 0.6 is 0 Å². The maximum absolute atomic E-state index is 4.59. The van der Waals surface area contributed by atoms with E-state index in [-0.39, 0.29) is 0 Å². The molecule has 3 rings (SSSR count). The molecule has 3 aromatic rings. The summed E-state index contributed by atoms with van der Waals surface area (Å²) in [5.74, 6) is 0.863. The summed E-state index contributed by atoms with van der Waals surface area (Å²) in [7, 11) is 2.02. The number of anilines is 2. The van der Waals surface area contributed by atoms with E-state index >= 15 is 0 Å². The van der Waals surface area contributed by atoms with Crippen molar-refractivity contribution in [3.8, 4) is 0 Å². The second kappa shape index (κ2) is 4.18. The molecule has 18 heavy (non-hydrogen) atoms. The topological polar surface area (TPSA) is 29.9 Å². The van der Waals surface area contributed by atoms with Gasteiger partial charge in [-0.1, -0.05) is 24.3 Å². The van der Waals surface area contributed by atoms with Crippen molar-refractivity contribution in [2.75, 3.05) is 5.32 Å². The number of nitrogens with zero attached hydrogens (tertiary/aromatic N) is 2. The van der Waals surface area contributed by atoms with Gasteiger partial charge in [0.05, 0.1) is 11.0 Å². The Hall–Kier alpha value is -2.29. The number of fused-ring (bicyclic) bond motifs is 1. The van der Waals surface area contributed by atoms with Crippen LogP contribution in [0.4, 0.5) is 11.6 Å². The first kappa shape index (κ1) is 10.8. The molecule has 0 aliphatic carbocycles. The van der Waals surface area contributed by atoms with Gasteiger partial charge in [-0.15, -0.1) is 0 Å². The van der Waals surface area contributed by atoms with E-state index in [1.165, 1.54) is 5.56 Å². The van der Waals surface area contributed by atoms with Gasteiger partial charge in [0.15, 0.2) is 0 Å². The van der Waals surface area contributed by atoms with Gasteiger partial charge in [-0.05, 0) is 36.8 Å². The second-order valence-electron chi connectivity index (χ2n) is 4.48. The summed E-state index contributed by atoms with van der Waals surface area (Å²) in [4.78, 5) is 4.59. The van der Waals surface area contributed by atoms with E-state index in [0.717, 1.165) is 22.7 Å². The van der Waals surface area contributed by atoms with Gasteiger partial charge in [-0.2, -0.15) is 0 Å². The first-order chi connectivity index (χ1) is 8.74. The summed E-state index contributed by atoms with van der Waals surface area (Å²) in [5, 5.41) is 3.35. The molecule has 0 fully saturated rings. The normalized spacial score (nSPS) is 10.8. The average molecular weight is 237 g/mol. The predicted molar refractivity (Wildman–Crippen MR) is 75.2 cm³/mol. The third-order valence-electron chi connectivity index (χ3n) is 3.06. The molecule has 0 radical (unpaired) electrons. The summed E-state index contributed by atoms with van der Waals surface area (Å²) >= 11 is 0. The molecule has 1 N–H and O–H groups in total. The smallest absolute Gasteiger partial charge is 0.208 e. The fraction of sp³-hybridized carbons (Fsp3) is 0.133. The van der Waals surface area contributed by atoms with Gasteiger partial charge in [0.25, 0.3) is 0 Å². The van der Waals surface area contributed by atoms with Crippen LogP contribution in [0.3, 0.4) is 0 Å². The lowest BCUT2D eigenvalue weighted by Crippen LogP contribution is -1.98. The minimum atomic E-state index is 0.863. The second-order valence-corrected chi connectivity index (χ2v) is 4.48. The first-order valence-electron chi connectivity index (χ1n) is 5.99. The standard InChI is InChI=1S/C15H15N3/c1-11-6-5-7-12(10-11)16-15-17-13-8-3-4-9-14(13)18(15)2/h3-10H,1-2H3,(H,16,17). The minimum Gasteiger partial charge on any atom is -0.326 e. The predicted octanol–water partition coefficient (Wildman–Crippen LogP) is 3.63. The van der Waals surface area contributed by atoms with Crippen molar-refractivity contribution in [3.63, 3.8) is 0 Å². The Bertz CT molecular complexity index is 698. The molecular weight excluding hydrogens is 222 g/mol. The van der Waals surface area contributed by atoms with Crippen molar-refractivity contribution in [2.45, 2.75) is 6.92 Å².